The number of β-amino-alcohol motifs (C(OH)–C–C–N with tert-alkyl or cyclic N) is 1. The Kier molecular flexibility index (Phi) is 3.12. The van der Waals surface area contributed by atoms with Crippen molar-refractivity contribution in [3.63, 3.8) is 0 Å². The number of rotatable bonds is 1. The molecule has 3 heteroatoms. The summed E-state index contributed by atoms with van der Waals surface area (Å²) in [5.74, 6) is 0.384. The first-order chi connectivity index (χ1) is 7.70. The average Bonchev–Trinajstić information content (AvgIpc) is 2.33. The molecule has 0 radical (unpaired) electrons. The van der Waals surface area contributed by atoms with E-state index in [9.17, 15) is 5.11 Å². The number of hydrogen-bond acceptors (Lipinski definition) is 3. The lowest BCUT2D eigenvalue weighted by Gasteiger charge is -2.35. The van der Waals surface area contributed by atoms with E-state index in [4.69, 9.17) is 5.26 Å². The van der Waals surface area contributed by atoms with E-state index in [2.05, 4.69) is 17.9 Å². The third kappa shape index (κ3) is 2.17. The van der Waals surface area contributed by atoms with Crippen LogP contribution in [-0.2, 0) is 0 Å². The molecule has 1 aromatic rings. The minimum atomic E-state index is -0.246. The summed E-state index contributed by atoms with van der Waals surface area (Å²) in [5, 5.41) is 18.5. The van der Waals surface area contributed by atoms with Crippen LogP contribution in [0.4, 0.5) is 5.69 Å². The highest BCUT2D eigenvalue weighted by Gasteiger charge is 2.24. The van der Waals surface area contributed by atoms with Gasteiger partial charge in [0.05, 0.1) is 17.7 Å². The minimum Gasteiger partial charge on any atom is -0.391 e. The SMILES string of the molecule is CC1CCN(c2ccc(C#N)cc2)CC1O. The van der Waals surface area contributed by atoms with Gasteiger partial charge in [0.1, 0.15) is 0 Å². The maximum absolute atomic E-state index is 9.82. The molecule has 0 aromatic heterocycles. The average molecular weight is 216 g/mol. The molecule has 0 aliphatic carbocycles. The summed E-state index contributed by atoms with van der Waals surface area (Å²) in [5.41, 5.74) is 1.76. The van der Waals surface area contributed by atoms with E-state index < -0.39 is 0 Å². The Hall–Kier alpha value is -1.53. The van der Waals surface area contributed by atoms with Gasteiger partial charge in [0.25, 0.3) is 0 Å². The summed E-state index contributed by atoms with van der Waals surface area (Å²) in [6.45, 7) is 3.75. The zero-order chi connectivity index (χ0) is 11.5. The third-order valence-electron chi connectivity index (χ3n) is 3.28. The van der Waals surface area contributed by atoms with E-state index in [-0.39, 0.29) is 6.10 Å². The van der Waals surface area contributed by atoms with Crippen LogP contribution >= 0.6 is 0 Å². The predicted molar refractivity (Wildman–Crippen MR) is 63.2 cm³/mol. The first-order valence-corrected chi connectivity index (χ1v) is 5.64. The summed E-state index contributed by atoms with van der Waals surface area (Å²) >= 11 is 0. The number of aliphatic hydroxyl groups is 1. The monoisotopic (exact) mass is 216 g/mol. The van der Waals surface area contributed by atoms with Gasteiger partial charge in [0.2, 0.25) is 0 Å². The fraction of sp³-hybridized carbons (Fsp3) is 0.462. The maximum Gasteiger partial charge on any atom is 0.0991 e. The van der Waals surface area contributed by atoms with Crippen molar-refractivity contribution in [2.24, 2.45) is 5.92 Å². The van der Waals surface area contributed by atoms with E-state index in [1.54, 1.807) is 0 Å². The molecule has 1 aliphatic heterocycles. The van der Waals surface area contributed by atoms with Crippen molar-refractivity contribution < 1.29 is 5.11 Å². The van der Waals surface area contributed by atoms with Gasteiger partial charge in [-0.25, -0.2) is 0 Å². The first kappa shape index (κ1) is 11.0. The van der Waals surface area contributed by atoms with Crippen molar-refractivity contribution in [1.29, 1.82) is 5.26 Å². The van der Waals surface area contributed by atoms with Crippen LogP contribution in [0, 0.1) is 17.2 Å². The third-order valence-corrected chi connectivity index (χ3v) is 3.28. The van der Waals surface area contributed by atoms with Crippen LogP contribution in [0.5, 0.6) is 0 Å². The van der Waals surface area contributed by atoms with Gasteiger partial charge in [0.15, 0.2) is 0 Å². The quantitative estimate of drug-likeness (QED) is 0.778. The Morgan fingerprint density at radius 1 is 1.38 bits per heavy atom. The second-order valence-electron chi connectivity index (χ2n) is 4.44. The molecule has 1 aliphatic rings. The second kappa shape index (κ2) is 4.54. The molecule has 1 aromatic carbocycles. The highest BCUT2D eigenvalue weighted by molar-refractivity contribution is 5.50. The van der Waals surface area contributed by atoms with Crippen molar-refractivity contribution in [1.82, 2.24) is 0 Å². The van der Waals surface area contributed by atoms with Crippen molar-refractivity contribution in [2.75, 3.05) is 18.0 Å². The molecule has 2 rings (SSSR count). The van der Waals surface area contributed by atoms with Crippen LogP contribution in [0.15, 0.2) is 24.3 Å². The van der Waals surface area contributed by atoms with Crippen LogP contribution in [0.2, 0.25) is 0 Å². The van der Waals surface area contributed by atoms with E-state index in [1.165, 1.54) is 0 Å². The Balaban J connectivity index is 2.10. The number of hydrogen-bond donors (Lipinski definition) is 1. The number of benzene rings is 1. The van der Waals surface area contributed by atoms with Gasteiger partial charge in [-0.2, -0.15) is 5.26 Å². The minimum absolute atomic E-state index is 0.246. The Labute approximate surface area is 95.9 Å². The van der Waals surface area contributed by atoms with Gasteiger partial charge in [-0.1, -0.05) is 6.92 Å². The Bertz CT molecular complexity index is 393. The normalized spacial score (nSPS) is 25.2. The van der Waals surface area contributed by atoms with Gasteiger partial charge >= 0.3 is 0 Å². The maximum atomic E-state index is 9.82. The van der Waals surface area contributed by atoms with Crippen LogP contribution in [0.3, 0.4) is 0 Å². The van der Waals surface area contributed by atoms with E-state index in [1.807, 2.05) is 24.3 Å². The number of aliphatic hydroxyl groups excluding tert-OH is 1. The second-order valence-corrected chi connectivity index (χ2v) is 4.44. The standard InChI is InChI=1S/C13H16N2O/c1-10-6-7-15(9-13(10)16)12-4-2-11(8-14)3-5-12/h2-5,10,13,16H,6-7,9H2,1H3. The van der Waals surface area contributed by atoms with Crippen molar-refractivity contribution in [3.05, 3.63) is 29.8 Å². The number of piperidine rings is 1. The molecule has 1 fully saturated rings. The molecule has 3 nitrogen and oxygen atoms in total. The summed E-state index contributed by atoms with van der Waals surface area (Å²) in [6.07, 6.45) is 0.769. The van der Waals surface area contributed by atoms with Gasteiger partial charge in [-0.05, 0) is 36.6 Å². The fourth-order valence-electron chi connectivity index (χ4n) is 2.03. The molecule has 1 heterocycles. The molecule has 0 bridgehead atoms. The summed E-state index contributed by atoms with van der Waals surface area (Å²) in [4.78, 5) is 2.17. The highest BCUT2D eigenvalue weighted by atomic mass is 16.3. The van der Waals surface area contributed by atoms with Crippen molar-refractivity contribution >= 4 is 5.69 Å². The molecule has 2 atom stereocenters. The van der Waals surface area contributed by atoms with E-state index in [0.29, 0.717) is 18.0 Å². The van der Waals surface area contributed by atoms with Crippen molar-refractivity contribution in [3.8, 4) is 6.07 Å². The zero-order valence-corrected chi connectivity index (χ0v) is 9.43. The fourth-order valence-corrected chi connectivity index (χ4v) is 2.03. The van der Waals surface area contributed by atoms with E-state index in [0.717, 1.165) is 18.7 Å². The van der Waals surface area contributed by atoms with Gasteiger partial charge in [-0.15, -0.1) is 0 Å². The first-order valence-electron chi connectivity index (χ1n) is 5.64. The van der Waals surface area contributed by atoms with Crippen molar-refractivity contribution in [2.45, 2.75) is 19.4 Å². The molecular weight excluding hydrogens is 200 g/mol. The largest absolute Gasteiger partial charge is 0.391 e. The van der Waals surface area contributed by atoms with E-state index >= 15 is 0 Å². The van der Waals surface area contributed by atoms with Gasteiger partial charge < -0.3 is 10.0 Å². The molecule has 2 unspecified atom stereocenters. The van der Waals surface area contributed by atoms with Crippen LogP contribution in [0.25, 0.3) is 0 Å². The van der Waals surface area contributed by atoms with Gasteiger partial charge in [-0.3, -0.25) is 0 Å². The van der Waals surface area contributed by atoms with Crippen LogP contribution in [0.1, 0.15) is 18.9 Å². The lowest BCUT2D eigenvalue weighted by molar-refractivity contribution is 0.103. The number of nitrogens with zero attached hydrogens (tertiary/aromatic N) is 2. The molecule has 0 spiro atoms. The molecule has 16 heavy (non-hydrogen) atoms. The molecule has 0 amide bonds. The molecule has 84 valence electrons. The Morgan fingerprint density at radius 3 is 2.62 bits per heavy atom. The highest BCUT2D eigenvalue weighted by Crippen LogP contribution is 2.23. The summed E-state index contributed by atoms with van der Waals surface area (Å²) in [7, 11) is 0. The molecule has 1 saturated heterocycles. The zero-order valence-electron chi connectivity index (χ0n) is 9.43. The molecular formula is C13H16N2O. The smallest absolute Gasteiger partial charge is 0.0991 e. The number of nitriles is 1. The van der Waals surface area contributed by atoms with Crippen LogP contribution in [-0.4, -0.2) is 24.3 Å². The number of anilines is 1. The lowest BCUT2D eigenvalue weighted by Crippen LogP contribution is -2.42. The summed E-state index contributed by atoms with van der Waals surface area (Å²) in [6, 6.07) is 9.63. The Morgan fingerprint density at radius 2 is 2.06 bits per heavy atom. The molecule has 1 N–H and O–H groups in total. The predicted octanol–water partition coefficient (Wildman–Crippen LogP) is 1.77. The lowest BCUT2D eigenvalue weighted by atomic mass is 9.95. The van der Waals surface area contributed by atoms with Crippen LogP contribution < -0.4 is 4.90 Å². The summed E-state index contributed by atoms with van der Waals surface area (Å²) < 4.78 is 0. The topological polar surface area (TPSA) is 47.3 Å². The van der Waals surface area contributed by atoms with Gasteiger partial charge in [0, 0.05) is 18.8 Å². The molecule has 0 saturated carbocycles.